The average Bonchev–Trinajstić information content (AvgIpc) is 2.58. The molecule has 2 aromatic rings. The van der Waals surface area contributed by atoms with Crippen LogP contribution in [-0.4, -0.2) is 27.5 Å². The molecule has 0 aromatic heterocycles. The van der Waals surface area contributed by atoms with Crippen molar-refractivity contribution in [3.05, 3.63) is 82.6 Å². The van der Waals surface area contributed by atoms with Crippen LogP contribution >= 0.6 is 0 Å². The molecule has 0 aliphatic rings. The zero-order valence-electron chi connectivity index (χ0n) is 15.3. The first-order valence-electron chi connectivity index (χ1n) is 8.18. The van der Waals surface area contributed by atoms with Crippen molar-refractivity contribution >= 4 is 19.7 Å². The first-order chi connectivity index (χ1) is 12.4. The monoisotopic (exact) mass is 406 g/mol. The summed E-state index contributed by atoms with van der Waals surface area (Å²) < 4.78 is 50.4. The molecular formula is C20H22O5S2. The minimum Gasteiger partial charge on any atom is -0.385 e. The number of benzene rings is 2. The van der Waals surface area contributed by atoms with Gasteiger partial charge in [-0.3, -0.25) is 0 Å². The number of aliphatic hydroxyl groups is 1. The van der Waals surface area contributed by atoms with Crippen LogP contribution in [0.25, 0.3) is 0 Å². The van der Waals surface area contributed by atoms with E-state index in [-0.39, 0.29) is 14.7 Å². The highest BCUT2D eigenvalue weighted by Gasteiger charge is 2.32. The van der Waals surface area contributed by atoms with E-state index in [4.69, 9.17) is 0 Å². The normalized spacial score (nSPS) is 13.9. The standard InChI is InChI=1S/C20H22O5S2/c1-16-11-13-18(14-12-16)27(24,25)19(20(2,3)21)10-7-15-26(22,23)17-8-5-4-6-9-17/h4-15,21H,1-3H3/b15-7+,19-10-. The Morgan fingerprint density at radius 3 is 1.96 bits per heavy atom. The molecule has 0 unspecified atom stereocenters. The maximum Gasteiger partial charge on any atom is 0.205 e. The van der Waals surface area contributed by atoms with Gasteiger partial charge >= 0.3 is 0 Å². The van der Waals surface area contributed by atoms with Crippen molar-refractivity contribution in [3.63, 3.8) is 0 Å². The van der Waals surface area contributed by atoms with Crippen molar-refractivity contribution in [2.24, 2.45) is 0 Å². The van der Waals surface area contributed by atoms with Gasteiger partial charge in [0, 0.05) is 5.41 Å². The predicted molar refractivity (Wildman–Crippen MR) is 106 cm³/mol. The highest BCUT2D eigenvalue weighted by Crippen LogP contribution is 2.28. The highest BCUT2D eigenvalue weighted by atomic mass is 32.2. The summed E-state index contributed by atoms with van der Waals surface area (Å²) in [5, 5.41) is 11.3. The van der Waals surface area contributed by atoms with Crippen molar-refractivity contribution in [1.29, 1.82) is 0 Å². The lowest BCUT2D eigenvalue weighted by Crippen LogP contribution is -2.27. The molecule has 0 aliphatic heterocycles. The van der Waals surface area contributed by atoms with Crippen LogP contribution in [0.15, 0.2) is 86.9 Å². The van der Waals surface area contributed by atoms with Crippen LogP contribution in [0.4, 0.5) is 0 Å². The van der Waals surface area contributed by atoms with Crippen LogP contribution in [0.3, 0.4) is 0 Å². The molecule has 2 rings (SSSR count). The molecule has 0 saturated carbocycles. The Hall–Kier alpha value is -2.22. The molecule has 0 saturated heterocycles. The van der Waals surface area contributed by atoms with E-state index in [0.29, 0.717) is 0 Å². The number of rotatable bonds is 6. The van der Waals surface area contributed by atoms with E-state index in [0.717, 1.165) is 23.1 Å². The lowest BCUT2D eigenvalue weighted by molar-refractivity contribution is 0.127. The van der Waals surface area contributed by atoms with E-state index in [9.17, 15) is 21.9 Å². The van der Waals surface area contributed by atoms with Gasteiger partial charge in [-0.15, -0.1) is 0 Å². The van der Waals surface area contributed by atoms with Crippen LogP contribution in [0, 0.1) is 6.92 Å². The van der Waals surface area contributed by atoms with Crippen LogP contribution in [-0.2, 0) is 19.7 Å². The summed E-state index contributed by atoms with van der Waals surface area (Å²) in [5.74, 6) is 0. The summed E-state index contributed by atoms with van der Waals surface area (Å²) in [5.41, 5.74) is -0.790. The molecule has 0 aliphatic carbocycles. The molecule has 0 bridgehead atoms. The number of hydrogen-bond donors (Lipinski definition) is 1. The zero-order chi connectivity index (χ0) is 20.3. The second-order valence-electron chi connectivity index (χ2n) is 6.59. The summed E-state index contributed by atoms with van der Waals surface area (Å²) >= 11 is 0. The lowest BCUT2D eigenvalue weighted by Gasteiger charge is -2.21. The Morgan fingerprint density at radius 2 is 1.44 bits per heavy atom. The summed E-state index contributed by atoms with van der Waals surface area (Å²) in [7, 11) is -7.71. The highest BCUT2D eigenvalue weighted by molar-refractivity contribution is 7.95. The number of allylic oxidation sites excluding steroid dienone is 2. The molecule has 0 radical (unpaired) electrons. The summed E-state index contributed by atoms with van der Waals surface area (Å²) in [6.07, 6.45) is 2.25. The van der Waals surface area contributed by atoms with Gasteiger partial charge in [-0.25, -0.2) is 16.8 Å². The average molecular weight is 407 g/mol. The van der Waals surface area contributed by atoms with Gasteiger partial charge in [0.15, 0.2) is 9.84 Å². The van der Waals surface area contributed by atoms with Gasteiger partial charge < -0.3 is 5.11 Å². The van der Waals surface area contributed by atoms with Gasteiger partial charge in [0.2, 0.25) is 9.84 Å². The molecule has 0 atom stereocenters. The van der Waals surface area contributed by atoms with Gasteiger partial charge in [0.05, 0.1) is 20.3 Å². The molecule has 27 heavy (non-hydrogen) atoms. The Labute approximate surface area is 160 Å². The molecule has 5 nitrogen and oxygen atoms in total. The SMILES string of the molecule is Cc1ccc(S(=O)(=O)/C(=C\C=C\S(=O)(=O)c2ccccc2)C(C)(C)O)cc1. The number of sulfone groups is 2. The number of hydrogen-bond acceptors (Lipinski definition) is 5. The largest absolute Gasteiger partial charge is 0.385 e. The van der Waals surface area contributed by atoms with Crippen molar-refractivity contribution < 1.29 is 21.9 Å². The van der Waals surface area contributed by atoms with Crippen molar-refractivity contribution in [3.8, 4) is 0 Å². The maximum atomic E-state index is 12.9. The topological polar surface area (TPSA) is 88.5 Å². The Morgan fingerprint density at radius 1 is 0.889 bits per heavy atom. The van der Waals surface area contributed by atoms with Crippen LogP contribution in [0.5, 0.6) is 0 Å². The van der Waals surface area contributed by atoms with Gasteiger partial charge in [0.1, 0.15) is 0 Å². The van der Waals surface area contributed by atoms with Crippen molar-refractivity contribution in [1.82, 2.24) is 0 Å². The minimum absolute atomic E-state index is 0.0285. The molecule has 0 heterocycles. The van der Waals surface area contributed by atoms with E-state index in [1.165, 1.54) is 38.1 Å². The second-order valence-corrected chi connectivity index (χ2v) is 10.3. The van der Waals surface area contributed by atoms with E-state index in [1.807, 2.05) is 6.92 Å². The quantitative estimate of drug-likeness (QED) is 0.743. The first kappa shape index (κ1) is 21.1. The fraction of sp³-hybridized carbons (Fsp3) is 0.200. The minimum atomic E-state index is -3.99. The Kier molecular flexibility index (Phi) is 6.09. The third-order valence-corrected chi connectivity index (χ3v) is 7.35. The summed E-state index contributed by atoms with van der Waals surface area (Å²) in [6, 6.07) is 14.0. The van der Waals surface area contributed by atoms with Crippen LogP contribution < -0.4 is 0 Å². The fourth-order valence-electron chi connectivity index (χ4n) is 2.39. The Bertz CT molecular complexity index is 1060. The smallest absolute Gasteiger partial charge is 0.205 e. The van der Waals surface area contributed by atoms with Crippen LogP contribution in [0.2, 0.25) is 0 Å². The van der Waals surface area contributed by atoms with E-state index in [2.05, 4.69) is 0 Å². The van der Waals surface area contributed by atoms with Crippen LogP contribution in [0.1, 0.15) is 19.4 Å². The molecule has 144 valence electrons. The number of aryl methyl sites for hydroxylation is 1. The molecule has 2 aromatic carbocycles. The van der Waals surface area contributed by atoms with Crippen molar-refractivity contribution in [2.75, 3.05) is 0 Å². The Balaban J connectivity index is 2.47. The third-order valence-electron chi connectivity index (χ3n) is 3.80. The fourth-order valence-corrected chi connectivity index (χ4v) is 5.03. The van der Waals surface area contributed by atoms with Gasteiger partial charge in [-0.05, 0) is 57.2 Å². The summed E-state index contributed by atoms with van der Waals surface area (Å²) in [4.78, 5) is -0.167. The molecule has 1 N–H and O–H groups in total. The van der Waals surface area contributed by atoms with E-state index < -0.39 is 25.3 Å². The molecule has 7 heteroatoms. The molecule has 0 fully saturated rings. The second kappa shape index (κ2) is 7.80. The van der Waals surface area contributed by atoms with Gasteiger partial charge in [-0.2, -0.15) is 0 Å². The maximum absolute atomic E-state index is 12.9. The zero-order valence-corrected chi connectivity index (χ0v) is 17.0. The summed E-state index contributed by atoms with van der Waals surface area (Å²) in [6.45, 7) is 4.51. The van der Waals surface area contributed by atoms with Crippen molar-refractivity contribution in [2.45, 2.75) is 36.2 Å². The molecule has 0 spiro atoms. The lowest BCUT2D eigenvalue weighted by atomic mass is 10.1. The molecular weight excluding hydrogens is 384 g/mol. The molecule has 0 amide bonds. The predicted octanol–water partition coefficient (Wildman–Crippen LogP) is 3.41. The third kappa shape index (κ3) is 5.15. The van der Waals surface area contributed by atoms with E-state index >= 15 is 0 Å². The first-order valence-corrected chi connectivity index (χ1v) is 11.2. The van der Waals surface area contributed by atoms with Gasteiger partial charge in [0.25, 0.3) is 0 Å². The van der Waals surface area contributed by atoms with Gasteiger partial charge in [-0.1, -0.05) is 35.9 Å². The van der Waals surface area contributed by atoms with E-state index in [1.54, 1.807) is 30.3 Å².